The van der Waals surface area contributed by atoms with Crippen molar-refractivity contribution in [3.8, 4) is 0 Å². The number of nitrogens with one attached hydrogen (secondary N) is 1. The molecule has 0 unspecified atom stereocenters. The predicted molar refractivity (Wildman–Crippen MR) is 46.3 cm³/mol. The van der Waals surface area contributed by atoms with Crippen LogP contribution in [0.25, 0.3) is 5.32 Å². The topological polar surface area (TPSA) is 26.1 Å². The molecule has 3 heteroatoms. The average molecular weight is 182 g/mol. The Hall–Kier alpha value is 1.56. The van der Waals surface area contributed by atoms with Crippen LogP contribution in [-0.2, 0) is 0 Å². The van der Waals surface area contributed by atoms with Gasteiger partial charge in [-0.3, -0.25) is 0 Å². The zero-order chi connectivity index (χ0) is 7.66. The maximum absolute atomic E-state index is 4.22. The molecule has 0 aromatic heterocycles. The molecule has 0 bridgehead atoms. The summed E-state index contributed by atoms with van der Waals surface area (Å²) in [6.07, 6.45) is 3.97. The molecule has 2 nitrogen and oxygen atoms in total. The predicted octanol–water partition coefficient (Wildman–Crippen LogP) is -0.879. The van der Waals surface area contributed by atoms with Crippen LogP contribution in [0, 0.1) is 0 Å². The standard InChI is InChI=1S/C6H13N2.C2H6.K/c1-2-4-7-6-8-5-3-1;1-2;/h7H,1-6H2;1-2H3;/q-1;;+1. The fraction of sp³-hybridized carbons (Fsp3) is 1.00. The molecule has 1 aliphatic rings. The van der Waals surface area contributed by atoms with Gasteiger partial charge in [0.2, 0.25) is 0 Å². The van der Waals surface area contributed by atoms with Gasteiger partial charge in [0.15, 0.2) is 0 Å². The summed E-state index contributed by atoms with van der Waals surface area (Å²) in [5.41, 5.74) is 0. The Morgan fingerprint density at radius 3 is 2.55 bits per heavy atom. The second kappa shape index (κ2) is 14.1. The van der Waals surface area contributed by atoms with Crippen LogP contribution >= 0.6 is 0 Å². The first kappa shape index (κ1) is 15.0. The maximum atomic E-state index is 4.22. The second-order valence-electron chi connectivity index (χ2n) is 2.17. The van der Waals surface area contributed by atoms with E-state index in [1.165, 1.54) is 19.3 Å². The molecule has 1 aliphatic heterocycles. The van der Waals surface area contributed by atoms with E-state index in [1.807, 2.05) is 13.8 Å². The average Bonchev–Trinajstić information content (AvgIpc) is 1.90. The smallest absolute Gasteiger partial charge is 0.650 e. The van der Waals surface area contributed by atoms with Crippen LogP contribution in [0.3, 0.4) is 0 Å². The fourth-order valence-corrected chi connectivity index (χ4v) is 0.888. The van der Waals surface area contributed by atoms with Gasteiger partial charge >= 0.3 is 51.4 Å². The molecule has 0 spiro atoms. The van der Waals surface area contributed by atoms with Crippen molar-refractivity contribution in [2.75, 3.05) is 19.8 Å². The van der Waals surface area contributed by atoms with E-state index in [0.29, 0.717) is 0 Å². The van der Waals surface area contributed by atoms with Crippen molar-refractivity contribution in [3.63, 3.8) is 0 Å². The van der Waals surface area contributed by atoms with Crippen LogP contribution in [0.15, 0.2) is 0 Å². The van der Waals surface area contributed by atoms with Gasteiger partial charge in [-0.25, -0.2) is 0 Å². The molecular formula is C8H19KN2. The minimum atomic E-state index is 0. The van der Waals surface area contributed by atoms with E-state index < -0.39 is 0 Å². The first-order chi connectivity index (χ1) is 5.00. The summed E-state index contributed by atoms with van der Waals surface area (Å²) in [5.74, 6) is 0. The van der Waals surface area contributed by atoms with Crippen molar-refractivity contribution >= 4 is 0 Å². The van der Waals surface area contributed by atoms with Crippen molar-refractivity contribution in [3.05, 3.63) is 5.32 Å². The Kier molecular flexibility index (Phi) is 19.3. The van der Waals surface area contributed by atoms with Crippen LogP contribution in [0.4, 0.5) is 0 Å². The van der Waals surface area contributed by atoms with Crippen molar-refractivity contribution in [2.45, 2.75) is 33.1 Å². The summed E-state index contributed by atoms with van der Waals surface area (Å²) in [6, 6.07) is 0. The Balaban J connectivity index is 0. The molecule has 1 saturated heterocycles. The van der Waals surface area contributed by atoms with E-state index in [-0.39, 0.29) is 51.4 Å². The van der Waals surface area contributed by atoms with Crippen molar-refractivity contribution in [2.24, 2.45) is 0 Å². The van der Waals surface area contributed by atoms with Crippen molar-refractivity contribution in [1.29, 1.82) is 0 Å². The zero-order valence-electron chi connectivity index (χ0n) is 8.19. The van der Waals surface area contributed by atoms with Crippen molar-refractivity contribution < 1.29 is 51.4 Å². The Bertz CT molecular complexity index is 36.1. The van der Waals surface area contributed by atoms with Crippen LogP contribution < -0.4 is 56.7 Å². The summed E-state index contributed by atoms with van der Waals surface area (Å²) in [4.78, 5) is 0. The van der Waals surface area contributed by atoms with Gasteiger partial charge in [-0.2, -0.15) is 0 Å². The first-order valence-electron chi connectivity index (χ1n) is 4.34. The SMILES string of the molecule is C1CC[N-]CNCC1.CC.[K+]. The van der Waals surface area contributed by atoms with E-state index >= 15 is 0 Å². The third kappa shape index (κ3) is 11.6. The number of hydrogen-bond donors (Lipinski definition) is 1. The molecule has 1 N–H and O–H groups in total. The molecule has 11 heavy (non-hydrogen) atoms. The molecule has 0 atom stereocenters. The quantitative estimate of drug-likeness (QED) is 0.484. The Morgan fingerprint density at radius 1 is 1.09 bits per heavy atom. The van der Waals surface area contributed by atoms with Gasteiger partial charge in [-0.05, 0) is 13.0 Å². The molecule has 0 radical (unpaired) electrons. The van der Waals surface area contributed by atoms with Gasteiger partial charge in [-0.15, -0.1) is 6.54 Å². The van der Waals surface area contributed by atoms with E-state index in [9.17, 15) is 0 Å². The van der Waals surface area contributed by atoms with Crippen LogP contribution in [0.5, 0.6) is 0 Å². The Morgan fingerprint density at radius 2 is 1.82 bits per heavy atom. The van der Waals surface area contributed by atoms with Gasteiger partial charge in [0, 0.05) is 0 Å². The Labute approximate surface area is 113 Å². The minimum Gasteiger partial charge on any atom is -0.650 e. The van der Waals surface area contributed by atoms with Gasteiger partial charge < -0.3 is 10.6 Å². The molecule has 0 aliphatic carbocycles. The van der Waals surface area contributed by atoms with Crippen LogP contribution in [0.1, 0.15) is 33.1 Å². The molecule has 0 saturated carbocycles. The molecule has 1 fully saturated rings. The largest absolute Gasteiger partial charge is 1.00 e. The number of nitrogens with zero attached hydrogens (tertiary/aromatic N) is 1. The third-order valence-corrected chi connectivity index (χ3v) is 1.39. The number of hydrogen-bond acceptors (Lipinski definition) is 1. The van der Waals surface area contributed by atoms with Gasteiger partial charge in [0.25, 0.3) is 0 Å². The second-order valence-corrected chi connectivity index (χ2v) is 2.17. The van der Waals surface area contributed by atoms with Crippen LogP contribution in [0.2, 0.25) is 0 Å². The monoisotopic (exact) mass is 182 g/mol. The van der Waals surface area contributed by atoms with Gasteiger partial charge in [-0.1, -0.05) is 33.4 Å². The molecule has 0 amide bonds. The summed E-state index contributed by atoms with van der Waals surface area (Å²) < 4.78 is 0. The molecule has 62 valence electrons. The molecule has 0 aromatic rings. The summed E-state index contributed by atoms with van der Waals surface area (Å²) in [7, 11) is 0. The van der Waals surface area contributed by atoms with Gasteiger partial charge in [0.1, 0.15) is 0 Å². The first-order valence-corrected chi connectivity index (χ1v) is 4.34. The molecule has 0 aromatic carbocycles. The molecule has 1 heterocycles. The fourth-order valence-electron chi connectivity index (χ4n) is 0.888. The molecular weight excluding hydrogens is 163 g/mol. The summed E-state index contributed by atoms with van der Waals surface area (Å²) in [6.45, 7) is 7.09. The minimum absolute atomic E-state index is 0. The van der Waals surface area contributed by atoms with E-state index in [2.05, 4.69) is 10.6 Å². The van der Waals surface area contributed by atoms with Crippen molar-refractivity contribution in [1.82, 2.24) is 5.32 Å². The normalized spacial score (nSPS) is 18.0. The number of rotatable bonds is 0. The van der Waals surface area contributed by atoms with Gasteiger partial charge in [0.05, 0.1) is 0 Å². The van der Waals surface area contributed by atoms with Crippen LogP contribution in [-0.4, -0.2) is 19.8 Å². The van der Waals surface area contributed by atoms with E-state index in [4.69, 9.17) is 0 Å². The third-order valence-electron chi connectivity index (χ3n) is 1.39. The summed E-state index contributed by atoms with van der Waals surface area (Å²) >= 11 is 0. The van der Waals surface area contributed by atoms with E-state index in [0.717, 1.165) is 19.8 Å². The molecule has 1 rings (SSSR count). The zero-order valence-corrected chi connectivity index (χ0v) is 11.3. The maximum Gasteiger partial charge on any atom is 1.00 e. The summed E-state index contributed by atoms with van der Waals surface area (Å²) in [5, 5.41) is 7.44. The van der Waals surface area contributed by atoms with E-state index in [1.54, 1.807) is 0 Å².